The molecule has 2 fully saturated rings. The summed E-state index contributed by atoms with van der Waals surface area (Å²) < 4.78 is 39.0. The van der Waals surface area contributed by atoms with E-state index in [0.717, 1.165) is 6.08 Å². The average molecular weight is 727 g/mol. The van der Waals surface area contributed by atoms with Gasteiger partial charge in [-0.15, -0.1) is 0 Å². The molecule has 9 atom stereocenters. The largest absolute Gasteiger partial charge is 0.508 e. The van der Waals surface area contributed by atoms with E-state index in [4.69, 9.17) is 33.2 Å². The van der Waals surface area contributed by atoms with Crippen LogP contribution in [0.2, 0.25) is 0 Å². The lowest BCUT2D eigenvalue weighted by Crippen LogP contribution is -2.62. The molecule has 2 saturated heterocycles. The van der Waals surface area contributed by atoms with Gasteiger partial charge in [0, 0.05) is 12.1 Å². The number of phenols is 2. The van der Waals surface area contributed by atoms with Gasteiger partial charge in [-0.25, -0.2) is 4.79 Å². The number of aliphatic hydroxyl groups excluding tert-OH is 4. The van der Waals surface area contributed by atoms with Gasteiger partial charge in [0.1, 0.15) is 54.4 Å². The van der Waals surface area contributed by atoms with Gasteiger partial charge in [0.25, 0.3) is 0 Å². The first-order valence-corrected chi connectivity index (χ1v) is 16.2. The maximum Gasteiger partial charge on any atom is 0.330 e. The highest BCUT2D eigenvalue weighted by Gasteiger charge is 2.54. The van der Waals surface area contributed by atoms with Crippen molar-refractivity contribution in [2.45, 2.75) is 61.2 Å². The van der Waals surface area contributed by atoms with Crippen LogP contribution in [-0.2, 0) is 23.7 Å². The fourth-order valence-corrected chi connectivity index (χ4v) is 5.95. The van der Waals surface area contributed by atoms with Crippen molar-refractivity contribution in [1.29, 1.82) is 0 Å². The molecular weight excluding hydrogens is 688 g/mol. The number of aliphatic hydroxyl groups is 5. The van der Waals surface area contributed by atoms with Crippen LogP contribution >= 0.6 is 0 Å². The molecule has 16 nitrogen and oxygen atoms in total. The van der Waals surface area contributed by atoms with Gasteiger partial charge in [0.15, 0.2) is 35.3 Å². The molecule has 0 aromatic heterocycles. The molecule has 3 aliphatic heterocycles. The molecule has 0 aliphatic carbocycles. The smallest absolute Gasteiger partial charge is 0.330 e. The second-order valence-corrected chi connectivity index (χ2v) is 12.5. The summed E-state index contributed by atoms with van der Waals surface area (Å²) >= 11 is 0. The Labute approximate surface area is 296 Å². The van der Waals surface area contributed by atoms with Gasteiger partial charge < -0.3 is 68.9 Å². The number of carbonyl (C=O) groups is 2. The first-order chi connectivity index (χ1) is 24.9. The van der Waals surface area contributed by atoms with Crippen LogP contribution in [0.1, 0.15) is 34.0 Å². The monoisotopic (exact) mass is 726 g/mol. The molecule has 52 heavy (non-hydrogen) atoms. The van der Waals surface area contributed by atoms with Crippen molar-refractivity contribution >= 4 is 17.8 Å². The number of ether oxygens (including phenoxy) is 7. The Balaban J connectivity index is 1.09. The summed E-state index contributed by atoms with van der Waals surface area (Å²) in [7, 11) is 1.37. The van der Waals surface area contributed by atoms with E-state index in [1.165, 1.54) is 61.7 Å². The number of phenolic OH excluding ortho intramolecular Hbond substituents is 2. The molecule has 0 unspecified atom stereocenters. The third-order valence-corrected chi connectivity index (χ3v) is 8.91. The Hall–Kier alpha value is -4.78. The molecule has 3 aromatic carbocycles. The number of hydrogen-bond donors (Lipinski definition) is 7. The van der Waals surface area contributed by atoms with E-state index in [9.17, 15) is 45.3 Å². The van der Waals surface area contributed by atoms with Crippen LogP contribution < -0.4 is 14.2 Å². The van der Waals surface area contributed by atoms with Crippen molar-refractivity contribution in [1.82, 2.24) is 0 Å². The summed E-state index contributed by atoms with van der Waals surface area (Å²) in [6, 6.07) is 15.0. The number of rotatable bonds is 11. The third-order valence-electron chi connectivity index (χ3n) is 8.91. The first kappa shape index (κ1) is 37.0. The highest BCUT2D eigenvalue weighted by atomic mass is 16.8. The summed E-state index contributed by atoms with van der Waals surface area (Å²) in [5, 5.41) is 72.9. The molecule has 3 aliphatic rings. The number of esters is 1. The van der Waals surface area contributed by atoms with Gasteiger partial charge in [0.05, 0.1) is 32.3 Å². The van der Waals surface area contributed by atoms with E-state index < -0.39 is 80.6 Å². The summed E-state index contributed by atoms with van der Waals surface area (Å²) in [4.78, 5) is 25.1. The number of ketones is 1. The average Bonchev–Trinajstić information content (AvgIpc) is 3.42. The number of benzene rings is 3. The summed E-state index contributed by atoms with van der Waals surface area (Å²) in [5.41, 5.74) is -0.631. The Morgan fingerprint density at radius 3 is 2.50 bits per heavy atom. The quantitative estimate of drug-likeness (QED) is 0.106. The van der Waals surface area contributed by atoms with E-state index in [0.29, 0.717) is 16.7 Å². The van der Waals surface area contributed by atoms with Crippen LogP contribution in [-0.4, -0.2) is 123 Å². The van der Waals surface area contributed by atoms with Gasteiger partial charge in [-0.3, -0.25) is 4.79 Å². The molecule has 16 heteroatoms. The van der Waals surface area contributed by atoms with E-state index in [1.807, 2.05) is 0 Å². The molecule has 0 spiro atoms. The minimum Gasteiger partial charge on any atom is -0.508 e. The van der Waals surface area contributed by atoms with Gasteiger partial charge in [0.2, 0.25) is 6.29 Å². The van der Waals surface area contributed by atoms with Gasteiger partial charge in [-0.2, -0.15) is 0 Å². The van der Waals surface area contributed by atoms with Crippen molar-refractivity contribution in [3.8, 4) is 28.7 Å². The summed E-state index contributed by atoms with van der Waals surface area (Å²) in [5.74, 6) is -0.512. The van der Waals surface area contributed by atoms with Crippen molar-refractivity contribution in [3.05, 3.63) is 83.4 Å². The van der Waals surface area contributed by atoms with Crippen LogP contribution in [0.5, 0.6) is 28.7 Å². The standard InChI is InChI=1S/C36H38O16/c1-46-27-12-18(2-10-23(27)39)3-11-29(41)47-16-36(45)17-48-35(33(36)44)52-32-31(43)30(42)28(15-37)51-34(32)49-21-7-4-19(5-8-21)25-14-24(40)22-9-6-20(38)13-26(22)50-25/h2-13,25,28,30-35,37-39,42-45H,14-17H2,1H3/b11-3+/t25-,28-,30+,31-,32-,33+,34+,35-,36+/m0/s1. The lowest BCUT2D eigenvalue weighted by Gasteiger charge is -2.42. The first-order valence-electron chi connectivity index (χ1n) is 16.2. The maximum absolute atomic E-state index is 12.7. The predicted molar refractivity (Wildman–Crippen MR) is 175 cm³/mol. The van der Waals surface area contributed by atoms with Gasteiger partial charge in [-0.1, -0.05) is 18.2 Å². The SMILES string of the molecule is COc1cc(/C=C/C(=O)OC[C@@]2(O)CO[C@@H](O[C@@H]3[C@H](Oc4ccc([C@@H]5CC(=O)c6ccc(O)cc6O5)cc4)O[C@@H](CO)[C@@H](O)[C@@H]3O)[C@H]2O)ccc1O. The van der Waals surface area contributed by atoms with Crippen molar-refractivity contribution in [2.75, 3.05) is 26.9 Å². The minimum atomic E-state index is -2.13. The normalized spacial score (nSPS) is 30.1. The maximum atomic E-state index is 12.7. The summed E-state index contributed by atoms with van der Waals surface area (Å²) in [6.45, 7) is -1.93. The Bertz CT molecular complexity index is 1780. The van der Waals surface area contributed by atoms with Crippen LogP contribution in [0.15, 0.2) is 66.7 Å². The number of Topliss-reactive ketones (excluding diaryl/α,β-unsaturated/α-hetero) is 1. The number of methoxy groups -OCH3 is 1. The zero-order valence-electron chi connectivity index (χ0n) is 27.7. The molecule has 0 bridgehead atoms. The molecule has 0 radical (unpaired) electrons. The lowest BCUT2D eigenvalue weighted by atomic mass is 9.96. The van der Waals surface area contributed by atoms with E-state index in [-0.39, 0.29) is 41.0 Å². The topological polar surface area (TPSA) is 240 Å². The van der Waals surface area contributed by atoms with Crippen LogP contribution in [0.4, 0.5) is 0 Å². The second-order valence-electron chi connectivity index (χ2n) is 12.5. The number of carbonyl (C=O) groups excluding carboxylic acids is 2. The van der Waals surface area contributed by atoms with Crippen LogP contribution in [0.25, 0.3) is 6.08 Å². The molecule has 3 heterocycles. The van der Waals surface area contributed by atoms with Crippen LogP contribution in [0, 0.1) is 0 Å². The lowest BCUT2D eigenvalue weighted by molar-refractivity contribution is -0.318. The van der Waals surface area contributed by atoms with Gasteiger partial charge >= 0.3 is 5.97 Å². The number of hydrogen-bond acceptors (Lipinski definition) is 16. The van der Waals surface area contributed by atoms with E-state index in [1.54, 1.807) is 12.1 Å². The number of fused-ring (bicyclic) bond motifs is 1. The molecule has 278 valence electrons. The second kappa shape index (κ2) is 15.4. The Kier molecular flexibility index (Phi) is 11.0. The van der Waals surface area contributed by atoms with Crippen molar-refractivity contribution in [2.24, 2.45) is 0 Å². The predicted octanol–water partition coefficient (Wildman–Crippen LogP) is 0.721. The molecular formula is C36H38O16. The van der Waals surface area contributed by atoms with Crippen LogP contribution in [0.3, 0.4) is 0 Å². The third kappa shape index (κ3) is 7.84. The van der Waals surface area contributed by atoms with Crippen molar-refractivity contribution in [3.63, 3.8) is 0 Å². The van der Waals surface area contributed by atoms with Gasteiger partial charge in [-0.05, 0) is 53.6 Å². The van der Waals surface area contributed by atoms with E-state index >= 15 is 0 Å². The fourth-order valence-electron chi connectivity index (χ4n) is 5.95. The fraction of sp³-hybridized carbons (Fsp3) is 0.389. The number of aromatic hydroxyl groups is 2. The van der Waals surface area contributed by atoms with Crippen molar-refractivity contribution < 1.29 is 78.5 Å². The highest BCUT2D eigenvalue weighted by Crippen LogP contribution is 2.38. The minimum absolute atomic E-state index is 0.0464. The molecule has 0 amide bonds. The summed E-state index contributed by atoms with van der Waals surface area (Å²) in [6.07, 6.45) is -9.20. The highest BCUT2D eigenvalue weighted by molar-refractivity contribution is 6.00. The molecule has 3 aromatic rings. The van der Waals surface area contributed by atoms with E-state index in [2.05, 4.69) is 0 Å². The Morgan fingerprint density at radius 2 is 1.77 bits per heavy atom. The Morgan fingerprint density at radius 1 is 1.00 bits per heavy atom. The zero-order chi connectivity index (χ0) is 37.2. The molecule has 6 rings (SSSR count). The zero-order valence-corrected chi connectivity index (χ0v) is 27.7. The molecule has 7 N–H and O–H groups in total. The molecule has 0 saturated carbocycles.